The van der Waals surface area contributed by atoms with Gasteiger partial charge in [-0.1, -0.05) is 13.8 Å². The molecule has 2 aromatic carbocycles. The van der Waals surface area contributed by atoms with Crippen molar-refractivity contribution in [2.24, 2.45) is 0 Å². The maximum atomic E-state index is 6.32. The molecule has 0 N–H and O–H groups in total. The Kier molecular flexibility index (Phi) is 7.39. The van der Waals surface area contributed by atoms with Gasteiger partial charge in [0.25, 0.3) is 0 Å². The van der Waals surface area contributed by atoms with Crippen LogP contribution in [0.4, 0.5) is 0 Å². The van der Waals surface area contributed by atoms with E-state index < -0.39 is 0 Å². The van der Waals surface area contributed by atoms with Crippen molar-refractivity contribution in [1.82, 2.24) is 0 Å². The first kappa shape index (κ1) is 21.1. The van der Waals surface area contributed by atoms with Crippen molar-refractivity contribution in [3.8, 4) is 17.2 Å². The standard InChI is InChI=1S/C21H26IO2.C2H6/c1-6-7-15-8-11-19(23-5)20(14(15)2)24-16-9-10-18-17(12-16)21(3,4)13-22-18;1-2/h8-12H,6-7,13H2,1-5H3;1-2H3/q-1;. The van der Waals surface area contributed by atoms with Crippen LogP contribution in [0, 0.1) is 10.5 Å². The third-order valence-corrected chi connectivity index (χ3v) is 8.70. The van der Waals surface area contributed by atoms with Gasteiger partial charge in [0, 0.05) is 0 Å². The molecule has 0 bridgehead atoms. The Morgan fingerprint density at radius 1 is 1.12 bits per heavy atom. The Morgan fingerprint density at radius 3 is 2.50 bits per heavy atom. The number of alkyl halides is 1. The fourth-order valence-corrected chi connectivity index (χ4v) is 6.67. The maximum absolute atomic E-state index is 6.32. The number of aryl methyl sites for hydroxylation is 1. The molecule has 0 saturated carbocycles. The topological polar surface area (TPSA) is 18.5 Å². The average molecular weight is 467 g/mol. The van der Waals surface area contributed by atoms with E-state index in [-0.39, 0.29) is 26.6 Å². The van der Waals surface area contributed by atoms with Crippen molar-refractivity contribution in [2.45, 2.75) is 59.8 Å². The average Bonchev–Trinajstić information content (AvgIpc) is 2.95. The summed E-state index contributed by atoms with van der Waals surface area (Å²) in [5.41, 5.74) is 4.27. The van der Waals surface area contributed by atoms with Crippen molar-refractivity contribution >= 4 is 0 Å². The molecular formula is C23H32IO2-. The first-order valence-electron chi connectivity index (χ1n) is 9.54. The molecule has 0 aliphatic carbocycles. The molecule has 2 nitrogen and oxygen atoms in total. The molecule has 1 aliphatic rings. The summed E-state index contributed by atoms with van der Waals surface area (Å²) in [5.74, 6) is 2.58. The summed E-state index contributed by atoms with van der Waals surface area (Å²) in [7, 11) is 1.71. The van der Waals surface area contributed by atoms with E-state index in [0.717, 1.165) is 30.1 Å². The van der Waals surface area contributed by atoms with E-state index in [9.17, 15) is 0 Å². The Labute approximate surface area is 169 Å². The zero-order chi connectivity index (χ0) is 19.3. The van der Waals surface area contributed by atoms with Crippen LogP contribution in [0.2, 0.25) is 0 Å². The fourth-order valence-electron chi connectivity index (χ4n) is 3.17. The van der Waals surface area contributed by atoms with Gasteiger partial charge < -0.3 is 0 Å². The molecule has 0 radical (unpaired) electrons. The van der Waals surface area contributed by atoms with Crippen LogP contribution >= 0.6 is 0 Å². The van der Waals surface area contributed by atoms with Crippen molar-refractivity contribution in [3.05, 3.63) is 50.6 Å². The molecule has 1 heterocycles. The minimum atomic E-state index is 0.153. The van der Waals surface area contributed by atoms with Crippen molar-refractivity contribution < 1.29 is 30.7 Å². The van der Waals surface area contributed by atoms with Gasteiger partial charge in [0.2, 0.25) is 0 Å². The van der Waals surface area contributed by atoms with Crippen LogP contribution in [-0.2, 0) is 11.8 Å². The molecule has 0 amide bonds. The van der Waals surface area contributed by atoms with E-state index in [1.807, 2.05) is 19.9 Å². The van der Waals surface area contributed by atoms with Crippen LogP contribution in [0.25, 0.3) is 0 Å². The van der Waals surface area contributed by atoms with Crippen LogP contribution in [0.3, 0.4) is 0 Å². The normalized spacial score (nSPS) is 14.6. The van der Waals surface area contributed by atoms with Crippen LogP contribution in [0.1, 0.15) is 57.7 Å². The first-order chi connectivity index (χ1) is 12.5. The molecule has 2 aromatic rings. The minimum absolute atomic E-state index is 0.153. The van der Waals surface area contributed by atoms with Crippen LogP contribution < -0.4 is 30.7 Å². The summed E-state index contributed by atoms with van der Waals surface area (Å²) in [4.78, 5) is 0. The van der Waals surface area contributed by atoms with Crippen LogP contribution in [0.15, 0.2) is 30.3 Å². The van der Waals surface area contributed by atoms with Crippen molar-refractivity contribution in [3.63, 3.8) is 0 Å². The molecule has 0 spiro atoms. The Bertz CT molecular complexity index is 750. The third-order valence-electron chi connectivity index (χ3n) is 4.65. The van der Waals surface area contributed by atoms with Gasteiger partial charge >= 0.3 is 156 Å². The molecule has 0 fully saturated rings. The predicted molar refractivity (Wildman–Crippen MR) is 106 cm³/mol. The van der Waals surface area contributed by atoms with E-state index in [1.54, 1.807) is 10.7 Å². The molecular weight excluding hydrogens is 435 g/mol. The van der Waals surface area contributed by atoms with E-state index in [1.165, 1.54) is 21.1 Å². The summed E-state index contributed by atoms with van der Waals surface area (Å²) >= 11 is 0.153. The van der Waals surface area contributed by atoms with E-state index >= 15 is 0 Å². The van der Waals surface area contributed by atoms with Gasteiger partial charge in [0.1, 0.15) is 0 Å². The van der Waals surface area contributed by atoms with E-state index in [4.69, 9.17) is 9.47 Å². The molecule has 0 aromatic heterocycles. The number of fused-ring (bicyclic) bond motifs is 1. The van der Waals surface area contributed by atoms with Gasteiger partial charge in [0.15, 0.2) is 0 Å². The van der Waals surface area contributed by atoms with Crippen LogP contribution in [0.5, 0.6) is 17.2 Å². The zero-order valence-electron chi connectivity index (χ0n) is 17.2. The monoisotopic (exact) mass is 467 g/mol. The quantitative estimate of drug-likeness (QED) is 0.496. The Hall–Kier alpha value is -1.23. The third kappa shape index (κ3) is 4.36. The summed E-state index contributed by atoms with van der Waals surface area (Å²) < 4.78 is 14.8. The SMILES string of the molecule is CC.CCCc1ccc(OC)c(Oc2ccc3c(c2)C(C)(C)C[I-]3)c1C. The van der Waals surface area contributed by atoms with Gasteiger partial charge in [-0.25, -0.2) is 0 Å². The Morgan fingerprint density at radius 2 is 1.85 bits per heavy atom. The number of rotatable bonds is 5. The number of benzene rings is 2. The van der Waals surface area contributed by atoms with Gasteiger partial charge in [0.05, 0.1) is 0 Å². The second-order valence-corrected chi connectivity index (χ2v) is 9.71. The van der Waals surface area contributed by atoms with Gasteiger partial charge in [-0.2, -0.15) is 0 Å². The summed E-state index contributed by atoms with van der Waals surface area (Å²) in [6.07, 6.45) is 2.19. The molecule has 26 heavy (non-hydrogen) atoms. The predicted octanol–water partition coefficient (Wildman–Crippen LogP) is 3.32. The number of hydrogen-bond donors (Lipinski definition) is 0. The van der Waals surface area contributed by atoms with E-state index in [2.05, 4.69) is 52.0 Å². The molecule has 0 unspecified atom stereocenters. The van der Waals surface area contributed by atoms with Crippen LogP contribution in [-0.4, -0.2) is 11.5 Å². The molecule has 3 heteroatoms. The molecule has 0 saturated heterocycles. The molecule has 0 atom stereocenters. The fraction of sp³-hybridized carbons (Fsp3) is 0.478. The van der Waals surface area contributed by atoms with Crippen molar-refractivity contribution in [1.29, 1.82) is 0 Å². The van der Waals surface area contributed by atoms with Gasteiger partial charge in [-0.15, -0.1) is 0 Å². The number of ether oxygens (including phenoxy) is 2. The van der Waals surface area contributed by atoms with E-state index in [0.29, 0.717) is 0 Å². The number of halogens is 1. The number of methoxy groups -OCH3 is 1. The zero-order valence-corrected chi connectivity index (χ0v) is 19.4. The van der Waals surface area contributed by atoms with Gasteiger partial charge in [-0.3, -0.25) is 0 Å². The Balaban J connectivity index is 0.00000117. The first-order valence-corrected chi connectivity index (χ1v) is 12.1. The second-order valence-electron chi connectivity index (χ2n) is 7.03. The summed E-state index contributed by atoms with van der Waals surface area (Å²) in [5, 5.41) is 0. The molecule has 3 rings (SSSR count). The van der Waals surface area contributed by atoms with Crippen molar-refractivity contribution in [2.75, 3.05) is 11.5 Å². The second kappa shape index (κ2) is 9.12. The summed E-state index contributed by atoms with van der Waals surface area (Å²) in [6, 6.07) is 10.8. The van der Waals surface area contributed by atoms with Gasteiger partial charge in [-0.05, 0) is 0 Å². The molecule has 1 aliphatic heterocycles. The molecule has 144 valence electrons. The summed E-state index contributed by atoms with van der Waals surface area (Å²) in [6.45, 7) is 13.0. The number of hydrogen-bond acceptors (Lipinski definition) is 2.